The number of hydrogen-bond donors (Lipinski definition) is 2. The molecular weight excluding hydrogens is 466 g/mol. The van der Waals surface area contributed by atoms with E-state index in [0.29, 0.717) is 23.1 Å². The number of amides is 1. The number of likely N-dealkylation sites (N-methyl/N-ethyl adjacent to an activating group) is 1. The highest BCUT2D eigenvalue weighted by atomic mass is 35.5. The summed E-state index contributed by atoms with van der Waals surface area (Å²) in [4.78, 5) is 17.3. The number of anilines is 1. The van der Waals surface area contributed by atoms with Crippen molar-refractivity contribution in [2.45, 2.75) is 39.5 Å². The van der Waals surface area contributed by atoms with Crippen molar-refractivity contribution >= 4 is 28.8 Å². The maximum absolute atomic E-state index is 12.8. The lowest BCUT2D eigenvalue weighted by molar-refractivity contribution is -0.126. The van der Waals surface area contributed by atoms with Crippen LogP contribution in [0.3, 0.4) is 0 Å². The molecular formula is C25H36ClN7O2. The molecule has 0 aliphatic carbocycles. The molecule has 0 spiro atoms. The maximum atomic E-state index is 12.8. The third-order valence-corrected chi connectivity index (χ3v) is 6.13. The van der Waals surface area contributed by atoms with E-state index in [1.165, 1.54) is 0 Å². The lowest BCUT2D eigenvalue weighted by Gasteiger charge is -2.34. The van der Waals surface area contributed by atoms with Gasteiger partial charge in [0.05, 0.1) is 29.5 Å². The number of hydrogen-bond acceptors (Lipinski definition) is 7. The average molecular weight is 502 g/mol. The maximum Gasteiger partial charge on any atom is 0.240 e. The Kier molecular flexibility index (Phi) is 8.71. The summed E-state index contributed by atoms with van der Waals surface area (Å²) in [5.74, 6) is 0.234. The lowest BCUT2D eigenvalue weighted by atomic mass is 10.1. The largest absolute Gasteiger partial charge is 0.374 e. The highest BCUT2D eigenvalue weighted by Gasteiger charge is 2.29. The summed E-state index contributed by atoms with van der Waals surface area (Å²) in [6, 6.07) is 11.2. The van der Waals surface area contributed by atoms with Crippen LogP contribution in [0.15, 0.2) is 42.6 Å². The second kappa shape index (κ2) is 11.3. The fourth-order valence-electron chi connectivity index (χ4n) is 3.87. The molecule has 1 aliphatic heterocycles. The minimum absolute atomic E-state index is 0. The molecule has 3 N–H and O–H groups in total. The summed E-state index contributed by atoms with van der Waals surface area (Å²) in [5, 5.41) is 12.5. The van der Waals surface area contributed by atoms with E-state index in [1.807, 2.05) is 40.8 Å². The van der Waals surface area contributed by atoms with Crippen LogP contribution < -0.4 is 16.0 Å². The molecule has 10 heteroatoms. The highest BCUT2D eigenvalue weighted by Crippen LogP contribution is 2.28. The van der Waals surface area contributed by atoms with E-state index in [0.717, 1.165) is 37.4 Å². The van der Waals surface area contributed by atoms with Gasteiger partial charge in [0.1, 0.15) is 6.04 Å². The van der Waals surface area contributed by atoms with Gasteiger partial charge in [-0.15, -0.1) is 10.2 Å². The number of ether oxygens (including phenoxy) is 1. The minimum Gasteiger partial charge on any atom is -0.374 e. The topological polar surface area (TPSA) is 101 Å². The number of nitrogens with zero attached hydrogens (tertiary/aromatic N) is 5. The summed E-state index contributed by atoms with van der Waals surface area (Å²) < 4.78 is 7.81. The lowest BCUT2D eigenvalue weighted by Crippen LogP contribution is -2.51. The van der Waals surface area contributed by atoms with Crippen LogP contribution in [-0.2, 0) is 16.1 Å². The molecule has 35 heavy (non-hydrogen) atoms. The van der Waals surface area contributed by atoms with Gasteiger partial charge in [0.25, 0.3) is 0 Å². The van der Waals surface area contributed by atoms with E-state index in [4.69, 9.17) is 22.1 Å². The first kappa shape index (κ1) is 26.9. The van der Waals surface area contributed by atoms with E-state index in [1.54, 1.807) is 20.0 Å². The van der Waals surface area contributed by atoms with E-state index >= 15 is 0 Å². The van der Waals surface area contributed by atoms with Crippen LogP contribution in [0, 0.1) is 0 Å². The third kappa shape index (κ3) is 6.49. The highest BCUT2D eigenvalue weighted by molar-refractivity contribution is 6.30. The Bertz CT molecular complexity index is 1120. The van der Waals surface area contributed by atoms with Crippen molar-refractivity contribution in [3.63, 3.8) is 0 Å². The smallest absolute Gasteiger partial charge is 0.240 e. The molecule has 1 aromatic carbocycles. The summed E-state index contributed by atoms with van der Waals surface area (Å²) in [7, 11) is 2.11. The minimum atomic E-state index is -1.05. The Morgan fingerprint density at radius 1 is 1.20 bits per heavy atom. The first-order valence-corrected chi connectivity index (χ1v) is 11.8. The van der Waals surface area contributed by atoms with Crippen molar-refractivity contribution < 1.29 is 9.53 Å². The summed E-state index contributed by atoms with van der Waals surface area (Å²) in [6.07, 6.45) is 1.77. The van der Waals surface area contributed by atoms with Gasteiger partial charge in [-0.05, 0) is 32.5 Å². The Labute approximate surface area is 212 Å². The molecule has 0 saturated carbocycles. The molecule has 4 rings (SSSR count). The second-order valence-electron chi connectivity index (χ2n) is 9.33. The molecule has 3 aromatic rings. The van der Waals surface area contributed by atoms with Gasteiger partial charge in [0, 0.05) is 32.4 Å². The fourth-order valence-corrected chi connectivity index (χ4v) is 4.07. The van der Waals surface area contributed by atoms with Crippen molar-refractivity contribution in [1.29, 1.82) is 0 Å². The number of carbonyl (C=O) groups is 1. The molecule has 1 saturated heterocycles. The van der Waals surface area contributed by atoms with Crippen LogP contribution in [0.2, 0.25) is 5.02 Å². The van der Waals surface area contributed by atoms with Gasteiger partial charge in [-0.3, -0.25) is 9.20 Å². The molecule has 1 fully saturated rings. The van der Waals surface area contributed by atoms with Gasteiger partial charge in [-0.25, -0.2) is 0 Å². The Hall–Kier alpha value is -2.72. The fraction of sp³-hybridized carbons (Fsp3) is 0.480. The SMILES string of the molecule is C.CN1CCN(c2cc(Cl)cn3c([C@@H](COCc4ccccc4)NC(=O)C(C)(C)N)nnc23)CC1. The van der Waals surface area contributed by atoms with Crippen LogP contribution in [0.25, 0.3) is 5.65 Å². The van der Waals surface area contributed by atoms with Gasteiger partial charge in [0.15, 0.2) is 11.5 Å². The number of pyridine rings is 1. The third-order valence-electron chi connectivity index (χ3n) is 5.92. The molecule has 1 amide bonds. The molecule has 2 aromatic heterocycles. The summed E-state index contributed by atoms with van der Waals surface area (Å²) >= 11 is 6.52. The quantitative estimate of drug-likeness (QED) is 0.489. The Morgan fingerprint density at radius 2 is 1.89 bits per heavy atom. The zero-order chi connectivity index (χ0) is 24.3. The monoisotopic (exact) mass is 501 g/mol. The molecule has 1 atom stereocenters. The van der Waals surface area contributed by atoms with Crippen LogP contribution in [0.4, 0.5) is 5.69 Å². The zero-order valence-corrected chi connectivity index (χ0v) is 20.6. The predicted octanol–water partition coefficient (Wildman–Crippen LogP) is 2.88. The number of aromatic nitrogens is 3. The van der Waals surface area contributed by atoms with Crippen molar-refractivity contribution in [3.05, 3.63) is 59.0 Å². The predicted molar refractivity (Wildman–Crippen MR) is 140 cm³/mol. The normalized spacial score (nSPS) is 15.6. The number of benzene rings is 1. The first-order chi connectivity index (χ1) is 16.2. The van der Waals surface area contributed by atoms with Gasteiger partial charge < -0.3 is 25.6 Å². The zero-order valence-electron chi connectivity index (χ0n) is 19.9. The number of carbonyl (C=O) groups excluding carboxylic acids is 1. The Balaban J connectivity index is 0.00000342. The number of nitrogens with two attached hydrogens (primary N) is 1. The number of fused-ring (bicyclic) bond motifs is 1. The average Bonchev–Trinajstić information content (AvgIpc) is 3.22. The van der Waals surface area contributed by atoms with Gasteiger partial charge in [-0.1, -0.05) is 49.4 Å². The van der Waals surface area contributed by atoms with E-state index in [9.17, 15) is 4.79 Å². The second-order valence-corrected chi connectivity index (χ2v) is 9.77. The van der Waals surface area contributed by atoms with Gasteiger partial charge in [-0.2, -0.15) is 0 Å². The standard InChI is InChI=1S/C24H32ClN7O2.CH4/c1-24(2,26)23(33)27-19(16-34-15-17-7-5-4-6-8-17)21-28-29-22-20(13-18(25)14-32(21)22)31-11-9-30(3)10-12-31;/h4-8,13-14,19H,9-12,15-16,26H2,1-3H3,(H,27,33);1H4/t19-;/m1./s1. The van der Waals surface area contributed by atoms with Crippen molar-refractivity contribution in [2.24, 2.45) is 5.73 Å². The molecule has 0 bridgehead atoms. The Morgan fingerprint density at radius 3 is 2.54 bits per heavy atom. The van der Waals surface area contributed by atoms with Crippen LogP contribution in [0.1, 0.15) is 38.7 Å². The summed E-state index contributed by atoms with van der Waals surface area (Å²) in [5.41, 5.74) is 7.65. The first-order valence-electron chi connectivity index (χ1n) is 11.4. The van der Waals surface area contributed by atoms with Crippen LogP contribution in [0.5, 0.6) is 0 Å². The van der Waals surface area contributed by atoms with E-state index in [2.05, 4.69) is 32.4 Å². The molecule has 1 aliphatic rings. The van der Waals surface area contributed by atoms with Crippen molar-refractivity contribution in [2.75, 3.05) is 44.7 Å². The number of nitrogens with one attached hydrogen (secondary N) is 1. The van der Waals surface area contributed by atoms with E-state index < -0.39 is 11.6 Å². The van der Waals surface area contributed by atoms with Crippen molar-refractivity contribution in [3.8, 4) is 0 Å². The van der Waals surface area contributed by atoms with Crippen LogP contribution in [-0.4, -0.2) is 70.8 Å². The number of rotatable bonds is 8. The van der Waals surface area contributed by atoms with Gasteiger partial charge in [0.2, 0.25) is 5.91 Å². The number of piperazine rings is 1. The molecule has 3 heterocycles. The van der Waals surface area contributed by atoms with Gasteiger partial charge >= 0.3 is 0 Å². The van der Waals surface area contributed by atoms with Crippen molar-refractivity contribution in [1.82, 2.24) is 24.8 Å². The number of halogens is 1. The molecule has 0 radical (unpaired) electrons. The van der Waals surface area contributed by atoms with E-state index in [-0.39, 0.29) is 19.9 Å². The molecule has 0 unspecified atom stereocenters. The van der Waals surface area contributed by atoms with Crippen LogP contribution >= 0.6 is 11.6 Å². The molecule has 9 nitrogen and oxygen atoms in total. The summed E-state index contributed by atoms with van der Waals surface area (Å²) in [6.45, 7) is 7.58. The molecule has 190 valence electrons.